The van der Waals surface area contributed by atoms with Gasteiger partial charge in [0, 0.05) is 12.4 Å². The molecule has 0 amide bonds. The van der Waals surface area contributed by atoms with Gasteiger partial charge in [0.1, 0.15) is 13.2 Å². The second kappa shape index (κ2) is 9.64. The van der Waals surface area contributed by atoms with Crippen LogP contribution in [0.1, 0.15) is 39.5 Å². The third-order valence-corrected chi connectivity index (χ3v) is 5.40. The van der Waals surface area contributed by atoms with Crippen molar-refractivity contribution < 1.29 is 28.7 Å². The lowest BCUT2D eigenvalue weighted by molar-refractivity contribution is -0.154. The number of carbonyl (C=O) groups is 4. The van der Waals surface area contributed by atoms with Crippen LogP contribution in [0.15, 0.2) is 23.8 Å². The molecule has 1 saturated carbocycles. The number of hydrogen-bond donors (Lipinski definition) is 4. The summed E-state index contributed by atoms with van der Waals surface area (Å²) in [6.07, 6.45) is 4.73. The van der Waals surface area contributed by atoms with Gasteiger partial charge in [0.05, 0.1) is 23.2 Å². The minimum Gasteiger partial charge on any atom is -0.459 e. The zero-order valence-electron chi connectivity index (χ0n) is 17.2. The molecule has 10 nitrogen and oxygen atoms in total. The van der Waals surface area contributed by atoms with Crippen molar-refractivity contribution in [1.82, 2.24) is 21.3 Å². The molecule has 2 heterocycles. The van der Waals surface area contributed by atoms with Crippen LogP contribution in [0.25, 0.3) is 0 Å². The van der Waals surface area contributed by atoms with Gasteiger partial charge in [0.25, 0.3) is 0 Å². The second-order valence-corrected chi connectivity index (χ2v) is 7.82. The van der Waals surface area contributed by atoms with Gasteiger partial charge in [0.15, 0.2) is 23.9 Å². The second-order valence-electron chi connectivity index (χ2n) is 7.82. The number of Topliss-reactive ketones (excluding diaryl/α,β-unsaturated/α-hetero) is 2. The van der Waals surface area contributed by atoms with Crippen molar-refractivity contribution >= 4 is 23.5 Å². The molecule has 0 saturated heterocycles. The van der Waals surface area contributed by atoms with E-state index in [1.165, 1.54) is 13.8 Å². The molecule has 0 aromatic rings. The Balaban J connectivity index is 1.40. The molecule has 4 atom stereocenters. The largest absolute Gasteiger partial charge is 0.459 e. The van der Waals surface area contributed by atoms with E-state index in [9.17, 15) is 19.2 Å². The highest BCUT2D eigenvalue weighted by atomic mass is 16.5. The van der Waals surface area contributed by atoms with Crippen LogP contribution in [0.2, 0.25) is 0 Å². The molecular formula is C20H28N4O6. The van der Waals surface area contributed by atoms with Crippen LogP contribution >= 0.6 is 0 Å². The highest BCUT2D eigenvalue weighted by Gasteiger charge is 2.33. The first-order valence-electron chi connectivity index (χ1n) is 10.1. The predicted molar refractivity (Wildman–Crippen MR) is 105 cm³/mol. The van der Waals surface area contributed by atoms with Gasteiger partial charge in [-0.05, 0) is 33.1 Å². The Kier molecular flexibility index (Phi) is 6.96. The third-order valence-electron chi connectivity index (χ3n) is 5.40. The molecule has 10 heteroatoms. The number of ketones is 2. The Hall–Kier alpha value is -3.04. The van der Waals surface area contributed by atoms with E-state index in [0.717, 1.165) is 6.42 Å². The average Bonchev–Trinajstić information content (AvgIpc) is 3.40. The molecule has 3 aliphatic rings. The molecule has 0 radical (unpaired) electrons. The maximum atomic E-state index is 12.4. The molecular weight excluding hydrogens is 392 g/mol. The van der Waals surface area contributed by atoms with Crippen molar-refractivity contribution in [1.29, 1.82) is 0 Å². The quantitative estimate of drug-likeness (QED) is 0.390. The highest BCUT2D eigenvalue weighted by Crippen LogP contribution is 2.31. The van der Waals surface area contributed by atoms with E-state index in [1.807, 2.05) is 0 Å². The van der Waals surface area contributed by atoms with Crippen LogP contribution in [-0.2, 0) is 28.7 Å². The molecule has 0 aromatic carbocycles. The topological polar surface area (TPSA) is 135 Å². The maximum Gasteiger partial charge on any atom is 0.309 e. The molecule has 1 aliphatic carbocycles. The minimum atomic E-state index is -0.488. The summed E-state index contributed by atoms with van der Waals surface area (Å²) in [6, 6.07) is 0. The molecule has 3 rings (SSSR count). The van der Waals surface area contributed by atoms with Gasteiger partial charge in [-0.1, -0.05) is 6.42 Å². The lowest BCUT2D eigenvalue weighted by Crippen LogP contribution is -2.39. The third kappa shape index (κ3) is 5.52. The fourth-order valence-electron chi connectivity index (χ4n) is 3.66. The first kappa shape index (κ1) is 21.7. The Morgan fingerprint density at radius 2 is 1.27 bits per heavy atom. The summed E-state index contributed by atoms with van der Waals surface area (Å²) < 4.78 is 10.7. The van der Waals surface area contributed by atoms with Crippen molar-refractivity contribution in [2.24, 2.45) is 11.8 Å². The van der Waals surface area contributed by atoms with Gasteiger partial charge < -0.3 is 30.7 Å². The van der Waals surface area contributed by atoms with Gasteiger partial charge in [-0.2, -0.15) is 0 Å². The Labute approximate surface area is 174 Å². The smallest absolute Gasteiger partial charge is 0.309 e. The van der Waals surface area contributed by atoms with Gasteiger partial charge in [0.2, 0.25) is 0 Å². The van der Waals surface area contributed by atoms with Gasteiger partial charge in [-0.3, -0.25) is 19.2 Å². The normalized spacial score (nSPS) is 27.4. The maximum absolute atomic E-state index is 12.4. The summed E-state index contributed by atoms with van der Waals surface area (Å²) in [6.45, 7) is 3.02. The summed E-state index contributed by atoms with van der Waals surface area (Å²) >= 11 is 0. The van der Waals surface area contributed by atoms with E-state index < -0.39 is 12.3 Å². The molecule has 0 spiro atoms. The summed E-state index contributed by atoms with van der Waals surface area (Å²) in [5, 5.41) is 11.6. The van der Waals surface area contributed by atoms with Crippen molar-refractivity contribution in [2.45, 2.75) is 51.9 Å². The SMILES string of the molecule is CC(=O)C1NC=C(COC(=O)[C@@H]2CCC[C@H](C(=O)OCC3=CNC(C(C)=O)N3)C2)N1. The number of esters is 2. The Morgan fingerprint density at radius 1 is 0.833 bits per heavy atom. The zero-order valence-corrected chi connectivity index (χ0v) is 17.2. The van der Waals surface area contributed by atoms with E-state index in [2.05, 4.69) is 21.3 Å². The predicted octanol–water partition coefficient (Wildman–Crippen LogP) is -0.222. The van der Waals surface area contributed by atoms with E-state index in [-0.39, 0.29) is 48.6 Å². The molecule has 2 aliphatic heterocycles. The fraction of sp³-hybridized carbons (Fsp3) is 0.600. The standard InChI is InChI=1S/C20H28N4O6/c1-11(25)17-21-7-15(23-17)9-29-19(27)13-4-3-5-14(6-13)20(28)30-10-16-8-22-18(24-16)12(2)26/h7-8,13-14,17-18,21-24H,3-6,9-10H2,1-2H3/t13-,14+,17?,18?. The molecule has 164 valence electrons. The first-order valence-corrected chi connectivity index (χ1v) is 10.1. The van der Waals surface area contributed by atoms with Crippen LogP contribution in [0.4, 0.5) is 0 Å². The van der Waals surface area contributed by atoms with Crippen LogP contribution in [0, 0.1) is 11.8 Å². The van der Waals surface area contributed by atoms with Crippen molar-refractivity contribution in [3.63, 3.8) is 0 Å². The summed E-state index contributed by atoms with van der Waals surface area (Å²) in [5.74, 6) is -1.54. The Morgan fingerprint density at radius 3 is 1.63 bits per heavy atom. The first-order chi connectivity index (χ1) is 14.3. The van der Waals surface area contributed by atoms with Gasteiger partial charge in [-0.15, -0.1) is 0 Å². The summed E-state index contributed by atoms with van der Waals surface area (Å²) in [7, 11) is 0. The Bertz CT molecular complexity index is 715. The van der Waals surface area contributed by atoms with E-state index in [0.29, 0.717) is 30.7 Å². The van der Waals surface area contributed by atoms with Crippen molar-refractivity contribution in [3.8, 4) is 0 Å². The fourth-order valence-corrected chi connectivity index (χ4v) is 3.66. The van der Waals surface area contributed by atoms with E-state index >= 15 is 0 Å². The van der Waals surface area contributed by atoms with Crippen LogP contribution in [0.3, 0.4) is 0 Å². The van der Waals surface area contributed by atoms with Crippen LogP contribution < -0.4 is 21.3 Å². The minimum absolute atomic E-state index is 0.0470. The van der Waals surface area contributed by atoms with Crippen LogP contribution in [0.5, 0.6) is 0 Å². The lowest BCUT2D eigenvalue weighted by Gasteiger charge is -2.26. The summed E-state index contributed by atoms with van der Waals surface area (Å²) in [4.78, 5) is 47.5. The average molecular weight is 420 g/mol. The van der Waals surface area contributed by atoms with Crippen LogP contribution in [-0.4, -0.2) is 49.1 Å². The molecule has 2 unspecified atom stereocenters. The number of nitrogens with one attached hydrogen (secondary N) is 4. The van der Waals surface area contributed by atoms with Gasteiger partial charge >= 0.3 is 11.9 Å². The van der Waals surface area contributed by atoms with Crippen molar-refractivity contribution in [3.05, 3.63) is 23.8 Å². The summed E-state index contributed by atoms with van der Waals surface area (Å²) in [5.41, 5.74) is 1.26. The zero-order chi connectivity index (χ0) is 21.7. The number of ether oxygens (including phenoxy) is 2. The highest BCUT2D eigenvalue weighted by molar-refractivity contribution is 5.82. The molecule has 0 bridgehead atoms. The number of rotatable bonds is 8. The monoisotopic (exact) mass is 420 g/mol. The van der Waals surface area contributed by atoms with E-state index in [4.69, 9.17) is 9.47 Å². The molecule has 30 heavy (non-hydrogen) atoms. The molecule has 1 fully saturated rings. The van der Waals surface area contributed by atoms with Gasteiger partial charge in [-0.25, -0.2) is 0 Å². The lowest BCUT2D eigenvalue weighted by atomic mass is 9.81. The van der Waals surface area contributed by atoms with E-state index in [1.54, 1.807) is 12.4 Å². The molecule has 4 N–H and O–H groups in total. The van der Waals surface area contributed by atoms with Crippen molar-refractivity contribution in [2.75, 3.05) is 13.2 Å². The number of carbonyl (C=O) groups excluding carboxylic acids is 4. The number of hydrogen-bond acceptors (Lipinski definition) is 10. The molecule has 0 aromatic heterocycles.